The minimum atomic E-state index is -0.420. The molecule has 0 aliphatic carbocycles. The Morgan fingerprint density at radius 1 is 0.929 bits per heavy atom. The molecule has 0 saturated heterocycles. The average Bonchev–Trinajstić information content (AvgIpc) is 3.23. The van der Waals surface area contributed by atoms with E-state index in [9.17, 15) is 9.59 Å². The molecule has 1 heterocycles. The lowest BCUT2D eigenvalue weighted by molar-refractivity contribution is 0.0948. The van der Waals surface area contributed by atoms with Crippen LogP contribution in [-0.2, 0) is 13.0 Å². The molecule has 2 amide bonds. The van der Waals surface area contributed by atoms with Crippen molar-refractivity contribution in [2.24, 2.45) is 0 Å². The fourth-order valence-corrected chi connectivity index (χ4v) is 3.07. The molecule has 3 rings (SSSR count). The van der Waals surface area contributed by atoms with Crippen LogP contribution in [0.3, 0.4) is 0 Å². The van der Waals surface area contributed by atoms with Crippen LogP contribution in [0.5, 0.6) is 5.75 Å². The summed E-state index contributed by atoms with van der Waals surface area (Å²) in [5, 5.41) is 13.4. The van der Waals surface area contributed by atoms with E-state index in [-0.39, 0.29) is 15.9 Å². The van der Waals surface area contributed by atoms with Crippen molar-refractivity contribution >= 4 is 28.8 Å². The summed E-state index contributed by atoms with van der Waals surface area (Å²) >= 11 is 0.946. The topological polar surface area (TPSA) is 93.2 Å². The van der Waals surface area contributed by atoms with Gasteiger partial charge in [0.1, 0.15) is 5.75 Å². The van der Waals surface area contributed by atoms with E-state index >= 15 is 0 Å². The lowest BCUT2D eigenvalue weighted by Crippen LogP contribution is -2.22. The van der Waals surface area contributed by atoms with Crippen LogP contribution in [0.2, 0.25) is 0 Å². The number of nitrogens with one attached hydrogen (secondary N) is 2. The molecule has 3 aromatic rings. The Morgan fingerprint density at radius 2 is 1.54 bits per heavy atom. The first-order valence-corrected chi connectivity index (χ1v) is 9.55. The molecule has 0 aliphatic rings. The summed E-state index contributed by atoms with van der Waals surface area (Å²) in [5.41, 5.74) is 2.83. The van der Waals surface area contributed by atoms with Gasteiger partial charge >= 0.3 is 0 Å². The van der Waals surface area contributed by atoms with Crippen molar-refractivity contribution in [2.45, 2.75) is 19.9 Å². The number of ether oxygens (including phenoxy) is 1. The number of hydrogen-bond acceptors (Lipinski definition) is 6. The first-order chi connectivity index (χ1) is 13.6. The highest BCUT2D eigenvalue weighted by Gasteiger charge is 2.17. The molecule has 0 fully saturated rings. The smallest absolute Gasteiger partial charge is 0.286 e. The summed E-state index contributed by atoms with van der Waals surface area (Å²) in [6.07, 6.45) is 0.971. The number of rotatable bonds is 7. The van der Waals surface area contributed by atoms with Gasteiger partial charge in [-0.2, -0.15) is 0 Å². The van der Waals surface area contributed by atoms with E-state index in [0.717, 1.165) is 23.3 Å². The minimum absolute atomic E-state index is 0.119. The molecule has 144 valence electrons. The number of aromatic nitrogens is 2. The van der Waals surface area contributed by atoms with Crippen LogP contribution in [-0.4, -0.2) is 29.1 Å². The second kappa shape index (κ2) is 9.09. The minimum Gasteiger partial charge on any atom is -0.497 e. The van der Waals surface area contributed by atoms with Gasteiger partial charge in [0.2, 0.25) is 10.0 Å². The third-order valence-corrected chi connectivity index (χ3v) is 4.97. The maximum atomic E-state index is 12.3. The van der Waals surface area contributed by atoms with Crippen LogP contribution >= 0.6 is 11.3 Å². The molecule has 0 spiro atoms. The summed E-state index contributed by atoms with van der Waals surface area (Å²) in [7, 11) is 1.57. The molecule has 0 saturated carbocycles. The van der Waals surface area contributed by atoms with Crippen LogP contribution < -0.4 is 15.4 Å². The number of nitrogens with zero attached hydrogens (tertiary/aromatic N) is 2. The van der Waals surface area contributed by atoms with E-state index in [0.29, 0.717) is 18.0 Å². The van der Waals surface area contributed by atoms with Gasteiger partial charge in [0.25, 0.3) is 11.8 Å². The van der Waals surface area contributed by atoms with Crippen LogP contribution in [0.4, 0.5) is 5.69 Å². The van der Waals surface area contributed by atoms with Crippen LogP contribution in [0.1, 0.15) is 37.7 Å². The lowest BCUT2D eigenvalue weighted by Gasteiger charge is -2.04. The number of carbonyl (C=O) groups excluding carboxylic acids is 2. The molecule has 28 heavy (non-hydrogen) atoms. The van der Waals surface area contributed by atoms with E-state index in [2.05, 4.69) is 27.8 Å². The van der Waals surface area contributed by atoms with Gasteiger partial charge in [-0.15, -0.1) is 10.2 Å². The van der Waals surface area contributed by atoms with Crippen molar-refractivity contribution in [3.8, 4) is 5.75 Å². The van der Waals surface area contributed by atoms with Gasteiger partial charge in [-0.3, -0.25) is 9.59 Å². The SMILES string of the molecule is CCc1ccc(CNC(=O)c2nnc(C(=O)Nc3ccc(OC)cc3)s2)cc1. The number of aryl methyl sites for hydroxylation is 1. The maximum Gasteiger partial charge on any atom is 0.286 e. The maximum absolute atomic E-state index is 12.3. The van der Waals surface area contributed by atoms with Crippen LogP contribution in [0.25, 0.3) is 0 Å². The van der Waals surface area contributed by atoms with Crippen molar-refractivity contribution in [2.75, 3.05) is 12.4 Å². The molecule has 0 radical (unpaired) electrons. The zero-order chi connectivity index (χ0) is 19.9. The molecule has 7 nitrogen and oxygen atoms in total. The molecule has 0 aliphatic heterocycles. The molecular weight excluding hydrogens is 376 g/mol. The normalized spacial score (nSPS) is 10.4. The highest BCUT2D eigenvalue weighted by molar-refractivity contribution is 7.15. The third-order valence-electron chi connectivity index (χ3n) is 4.05. The summed E-state index contributed by atoms with van der Waals surface area (Å²) in [4.78, 5) is 24.5. The van der Waals surface area contributed by atoms with Gasteiger partial charge in [-0.05, 0) is 41.8 Å². The van der Waals surface area contributed by atoms with Gasteiger partial charge in [-0.25, -0.2) is 0 Å². The quantitative estimate of drug-likeness (QED) is 0.639. The van der Waals surface area contributed by atoms with Crippen molar-refractivity contribution in [1.29, 1.82) is 0 Å². The van der Waals surface area contributed by atoms with E-state index in [1.165, 1.54) is 5.56 Å². The Bertz CT molecular complexity index is 952. The van der Waals surface area contributed by atoms with Gasteiger partial charge < -0.3 is 15.4 Å². The monoisotopic (exact) mass is 396 g/mol. The third kappa shape index (κ3) is 4.92. The van der Waals surface area contributed by atoms with Crippen molar-refractivity contribution in [1.82, 2.24) is 15.5 Å². The summed E-state index contributed by atoms with van der Waals surface area (Å²) < 4.78 is 5.08. The molecule has 1 aromatic heterocycles. The standard InChI is InChI=1S/C20H20N4O3S/c1-3-13-4-6-14(7-5-13)12-21-17(25)19-23-24-20(28-19)18(26)22-15-8-10-16(27-2)11-9-15/h4-11H,3,12H2,1-2H3,(H,21,25)(H,22,26). The first kappa shape index (κ1) is 19.5. The summed E-state index contributed by atoms with van der Waals surface area (Å²) in [6, 6.07) is 14.9. The fraction of sp³-hybridized carbons (Fsp3) is 0.200. The fourth-order valence-electron chi connectivity index (χ4n) is 2.42. The highest BCUT2D eigenvalue weighted by atomic mass is 32.1. The van der Waals surface area contributed by atoms with Gasteiger partial charge in [-0.1, -0.05) is 42.5 Å². The molecule has 8 heteroatoms. The zero-order valence-corrected chi connectivity index (χ0v) is 16.4. The number of anilines is 1. The predicted octanol–water partition coefficient (Wildman–Crippen LogP) is 3.29. The van der Waals surface area contributed by atoms with Crippen molar-refractivity contribution in [3.05, 3.63) is 69.7 Å². The Morgan fingerprint density at radius 3 is 2.14 bits per heavy atom. The number of amides is 2. The molecule has 2 aromatic carbocycles. The van der Waals surface area contributed by atoms with E-state index < -0.39 is 5.91 Å². The number of carbonyl (C=O) groups is 2. The van der Waals surface area contributed by atoms with E-state index in [1.807, 2.05) is 24.3 Å². The van der Waals surface area contributed by atoms with E-state index in [1.54, 1.807) is 31.4 Å². The number of benzene rings is 2. The van der Waals surface area contributed by atoms with Crippen molar-refractivity contribution < 1.29 is 14.3 Å². The molecule has 0 bridgehead atoms. The first-order valence-electron chi connectivity index (χ1n) is 8.74. The molecular formula is C20H20N4O3S. The second-order valence-corrected chi connectivity index (χ2v) is 6.93. The Hall–Kier alpha value is -3.26. The number of hydrogen-bond donors (Lipinski definition) is 2. The van der Waals surface area contributed by atoms with Gasteiger partial charge in [0, 0.05) is 12.2 Å². The Labute approximate surface area is 166 Å². The molecule has 2 N–H and O–H groups in total. The molecule has 0 atom stereocenters. The van der Waals surface area contributed by atoms with Crippen LogP contribution in [0.15, 0.2) is 48.5 Å². The van der Waals surface area contributed by atoms with Crippen molar-refractivity contribution in [3.63, 3.8) is 0 Å². The van der Waals surface area contributed by atoms with Gasteiger partial charge in [0.15, 0.2) is 0 Å². The summed E-state index contributed by atoms with van der Waals surface area (Å²) in [6.45, 7) is 2.48. The average molecular weight is 396 g/mol. The predicted molar refractivity (Wildman–Crippen MR) is 108 cm³/mol. The zero-order valence-electron chi connectivity index (χ0n) is 15.6. The lowest BCUT2D eigenvalue weighted by atomic mass is 10.1. The van der Waals surface area contributed by atoms with Crippen LogP contribution in [0, 0.1) is 0 Å². The largest absolute Gasteiger partial charge is 0.497 e. The second-order valence-electron chi connectivity index (χ2n) is 5.95. The molecule has 0 unspecified atom stereocenters. The van der Waals surface area contributed by atoms with Gasteiger partial charge in [0.05, 0.1) is 7.11 Å². The highest BCUT2D eigenvalue weighted by Crippen LogP contribution is 2.17. The number of methoxy groups -OCH3 is 1. The Balaban J connectivity index is 1.57. The Kier molecular flexibility index (Phi) is 6.33. The van der Waals surface area contributed by atoms with E-state index in [4.69, 9.17) is 4.74 Å². The summed E-state index contributed by atoms with van der Waals surface area (Å²) in [5.74, 6) is -0.0883.